The number of anilines is 1. The number of alkyl halides is 1. The number of halogens is 1. The summed E-state index contributed by atoms with van der Waals surface area (Å²) in [4.78, 5) is 42.5. The van der Waals surface area contributed by atoms with E-state index in [0.717, 1.165) is 17.0 Å². The number of amides is 3. The monoisotopic (exact) mass is 540 g/mol. The number of fused-ring (bicyclic) bond motifs is 2. The fourth-order valence-corrected chi connectivity index (χ4v) is 7.46. The van der Waals surface area contributed by atoms with Crippen LogP contribution in [0.1, 0.15) is 28.8 Å². The molecule has 4 heterocycles. The summed E-state index contributed by atoms with van der Waals surface area (Å²) in [5.74, 6) is 1.09. The van der Waals surface area contributed by atoms with Gasteiger partial charge in [0, 0.05) is 33.9 Å². The van der Waals surface area contributed by atoms with Crippen molar-refractivity contribution in [3.8, 4) is 0 Å². The van der Waals surface area contributed by atoms with Crippen LogP contribution in [0.3, 0.4) is 0 Å². The Morgan fingerprint density at radius 1 is 1.30 bits per heavy atom. The van der Waals surface area contributed by atoms with Crippen molar-refractivity contribution >= 4 is 63.6 Å². The highest BCUT2D eigenvalue weighted by atomic mass is 127. The zero-order valence-corrected chi connectivity index (χ0v) is 18.9. The first-order valence-corrected chi connectivity index (χ1v) is 12.1. The lowest BCUT2D eigenvalue weighted by molar-refractivity contribution is -0.136. The molecule has 5 rings (SSSR count). The molecule has 3 amide bonds. The fraction of sp³-hybridized carbons (Fsp3) is 0.474. The van der Waals surface area contributed by atoms with Crippen molar-refractivity contribution in [3.63, 3.8) is 0 Å². The molecule has 4 aliphatic heterocycles. The Bertz CT molecular complexity index is 972. The predicted octanol–water partition coefficient (Wildman–Crippen LogP) is 0.596. The maximum absolute atomic E-state index is 12.8. The van der Waals surface area contributed by atoms with E-state index in [1.807, 2.05) is 23.9 Å². The number of hydrogen-bond acceptors (Lipinski definition) is 8. The Morgan fingerprint density at radius 3 is 2.93 bits per heavy atom. The van der Waals surface area contributed by atoms with Crippen molar-refractivity contribution in [2.75, 3.05) is 11.1 Å². The molecule has 30 heavy (non-hydrogen) atoms. The molecule has 5 atom stereocenters. The maximum Gasteiger partial charge on any atom is 0.255 e. The topological polar surface area (TPSA) is 129 Å². The summed E-state index contributed by atoms with van der Waals surface area (Å²) in [7, 11) is 0. The summed E-state index contributed by atoms with van der Waals surface area (Å²) in [6.45, 7) is 0.344. The van der Waals surface area contributed by atoms with Gasteiger partial charge < -0.3 is 16.0 Å². The van der Waals surface area contributed by atoms with Gasteiger partial charge in [-0.05, 0) is 30.2 Å². The van der Waals surface area contributed by atoms with Crippen LogP contribution >= 0.6 is 34.4 Å². The Hall–Kier alpha value is -1.86. The van der Waals surface area contributed by atoms with Gasteiger partial charge >= 0.3 is 0 Å². The molecule has 1 aromatic rings. The van der Waals surface area contributed by atoms with Crippen molar-refractivity contribution in [2.24, 2.45) is 16.6 Å². The largest absolute Gasteiger partial charge is 0.387 e. The summed E-state index contributed by atoms with van der Waals surface area (Å²) in [6, 6.07) is 4.92. The summed E-state index contributed by atoms with van der Waals surface area (Å²) in [5.41, 5.74) is 8.49. The normalized spacial score (nSPS) is 33.1. The average Bonchev–Trinajstić information content (AvgIpc) is 3.22. The van der Waals surface area contributed by atoms with E-state index in [1.165, 1.54) is 0 Å². The van der Waals surface area contributed by atoms with E-state index in [-0.39, 0.29) is 35.8 Å². The third-order valence-corrected chi connectivity index (χ3v) is 9.07. The SMILES string of the molecule is NC1=NC(Nc2ccc3c(c2)CN(C2CCC(=O)NC2=O)C3=O)NC2SCC(I)C12. The number of nitrogens with one attached hydrogen (secondary N) is 3. The van der Waals surface area contributed by atoms with Crippen molar-refractivity contribution in [1.29, 1.82) is 0 Å². The molecule has 0 aliphatic carbocycles. The van der Waals surface area contributed by atoms with E-state index < -0.39 is 11.9 Å². The first-order chi connectivity index (χ1) is 14.4. The van der Waals surface area contributed by atoms with E-state index >= 15 is 0 Å². The molecule has 158 valence electrons. The summed E-state index contributed by atoms with van der Waals surface area (Å²) in [6.07, 6.45) is 0.267. The van der Waals surface area contributed by atoms with Crippen LogP contribution < -0.4 is 21.7 Å². The molecular weight excluding hydrogens is 519 g/mol. The number of aliphatic imine (C=N–C) groups is 1. The number of nitrogens with zero attached hydrogens (tertiary/aromatic N) is 2. The quantitative estimate of drug-likeness (QED) is 0.251. The highest BCUT2D eigenvalue weighted by molar-refractivity contribution is 14.1. The minimum Gasteiger partial charge on any atom is -0.387 e. The minimum atomic E-state index is -0.610. The number of benzene rings is 1. The van der Waals surface area contributed by atoms with Gasteiger partial charge in [0.2, 0.25) is 11.8 Å². The van der Waals surface area contributed by atoms with Gasteiger partial charge in [-0.3, -0.25) is 25.0 Å². The van der Waals surface area contributed by atoms with Gasteiger partial charge in [0.15, 0.2) is 6.29 Å². The predicted molar refractivity (Wildman–Crippen MR) is 122 cm³/mol. The molecule has 0 radical (unpaired) electrons. The molecule has 5 N–H and O–H groups in total. The van der Waals surface area contributed by atoms with E-state index in [9.17, 15) is 14.4 Å². The van der Waals surface area contributed by atoms with Gasteiger partial charge in [0.1, 0.15) is 11.9 Å². The third-order valence-electron chi connectivity index (χ3n) is 5.92. The molecule has 9 nitrogen and oxygen atoms in total. The van der Waals surface area contributed by atoms with E-state index in [2.05, 4.69) is 43.5 Å². The number of piperidine rings is 1. The van der Waals surface area contributed by atoms with Gasteiger partial charge in [0.25, 0.3) is 5.91 Å². The van der Waals surface area contributed by atoms with Crippen LogP contribution in [-0.4, -0.2) is 55.8 Å². The lowest BCUT2D eigenvalue weighted by Crippen LogP contribution is -2.52. The molecule has 0 bridgehead atoms. The van der Waals surface area contributed by atoms with E-state index in [0.29, 0.717) is 28.3 Å². The number of rotatable bonds is 3. The van der Waals surface area contributed by atoms with Crippen molar-refractivity contribution in [2.45, 2.75) is 41.0 Å². The van der Waals surface area contributed by atoms with Gasteiger partial charge in [-0.15, -0.1) is 11.8 Å². The third kappa shape index (κ3) is 3.46. The first-order valence-electron chi connectivity index (χ1n) is 9.80. The Balaban J connectivity index is 1.31. The summed E-state index contributed by atoms with van der Waals surface area (Å²) < 4.78 is 0.471. The molecule has 0 saturated carbocycles. The van der Waals surface area contributed by atoms with E-state index in [4.69, 9.17) is 5.73 Å². The summed E-state index contributed by atoms with van der Waals surface area (Å²) in [5, 5.41) is 9.39. The highest BCUT2D eigenvalue weighted by Gasteiger charge is 2.42. The molecule has 2 fully saturated rings. The molecule has 4 aliphatic rings. The van der Waals surface area contributed by atoms with Crippen molar-refractivity contribution in [3.05, 3.63) is 29.3 Å². The second-order valence-electron chi connectivity index (χ2n) is 7.84. The highest BCUT2D eigenvalue weighted by Crippen LogP contribution is 2.38. The minimum absolute atomic E-state index is 0.178. The number of thioether (sulfide) groups is 1. The van der Waals surface area contributed by atoms with Crippen LogP contribution in [-0.2, 0) is 16.1 Å². The maximum atomic E-state index is 12.8. The lowest BCUT2D eigenvalue weighted by atomic mass is 10.0. The van der Waals surface area contributed by atoms with Crippen LogP contribution in [0, 0.1) is 5.92 Å². The molecule has 1 aromatic carbocycles. The smallest absolute Gasteiger partial charge is 0.255 e. The zero-order chi connectivity index (χ0) is 21.0. The van der Waals surface area contributed by atoms with E-state index in [1.54, 1.807) is 11.0 Å². The van der Waals surface area contributed by atoms with Crippen LogP contribution in [0.2, 0.25) is 0 Å². The summed E-state index contributed by atoms with van der Waals surface area (Å²) >= 11 is 4.29. The molecule has 11 heteroatoms. The Morgan fingerprint density at radius 2 is 2.13 bits per heavy atom. The van der Waals surface area contributed by atoms with Crippen LogP contribution in [0.4, 0.5) is 5.69 Å². The molecule has 0 aromatic heterocycles. The number of carbonyl (C=O) groups is 3. The molecule has 5 unspecified atom stereocenters. The van der Waals surface area contributed by atoms with Crippen molar-refractivity contribution < 1.29 is 14.4 Å². The standard InChI is InChI=1S/C19H21IN6O3S/c20-11-7-30-17-14(11)15(21)24-19(25-17)22-9-1-2-10-8(5-9)6-26(18(10)29)12-3-4-13(27)23-16(12)28/h1-2,5,11-12,14,17,19,22,25H,3-4,6-7H2,(H2,21,24)(H,23,27,28). The Labute approximate surface area is 191 Å². The van der Waals surface area contributed by atoms with Crippen LogP contribution in [0.5, 0.6) is 0 Å². The zero-order valence-electron chi connectivity index (χ0n) is 15.9. The first kappa shape index (κ1) is 20.1. The molecular formula is C19H21IN6O3S. The van der Waals surface area contributed by atoms with Crippen LogP contribution in [0.25, 0.3) is 0 Å². The number of nitrogens with two attached hydrogens (primary N) is 1. The van der Waals surface area contributed by atoms with Gasteiger partial charge in [-0.2, -0.15) is 0 Å². The second-order valence-corrected chi connectivity index (χ2v) is 10.6. The number of amidine groups is 1. The van der Waals surface area contributed by atoms with Crippen molar-refractivity contribution in [1.82, 2.24) is 15.5 Å². The fourth-order valence-electron chi connectivity index (χ4n) is 4.41. The van der Waals surface area contributed by atoms with Gasteiger partial charge in [-0.25, -0.2) is 4.99 Å². The second kappa shape index (κ2) is 7.68. The number of carbonyl (C=O) groups excluding carboxylic acids is 3. The Kier molecular flexibility index (Phi) is 5.14. The molecule has 2 saturated heterocycles. The van der Waals surface area contributed by atoms with Gasteiger partial charge in [0.05, 0.1) is 11.3 Å². The number of imide groups is 1. The van der Waals surface area contributed by atoms with Gasteiger partial charge in [-0.1, -0.05) is 22.6 Å². The average molecular weight is 540 g/mol. The van der Waals surface area contributed by atoms with Crippen LogP contribution in [0.15, 0.2) is 23.2 Å². The number of hydrogen-bond donors (Lipinski definition) is 4. The lowest BCUT2D eigenvalue weighted by Gasteiger charge is -2.31. The molecule has 0 spiro atoms.